The van der Waals surface area contributed by atoms with Gasteiger partial charge in [0.2, 0.25) is 0 Å². The maximum Gasteiger partial charge on any atom is 0.256 e. The second-order valence-electron chi connectivity index (χ2n) is 7.15. The molecule has 0 aliphatic carbocycles. The summed E-state index contributed by atoms with van der Waals surface area (Å²) in [5.74, 6) is 0.161. The molecule has 30 heavy (non-hydrogen) atoms. The van der Waals surface area contributed by atoms with Crippen molar-refractivity contribution in [1.82, 2.24) is 14.8 Å². The van der Waals surface area contributed by atoms with Crippen LogP contribution in [0, 0.1) is 5.82 Å². The molecule has 1 saturated heterocycles. The van der Waals surface area contributed by atoms with Gasteiger partial charge in [0.1, 0.15) is 16.6 Å². The smallest absolute Gasteiger partial charge is 0.256 e. The molecule has 7 heteroatoms. The lowest BCUT2D eigenvalue weighted by Gasteiger charge is -2.34. The van der Waals surface area contributed by atoms with E-state index in [-0.39, 0.29) is 11.5 Å². The van der Waals surface area contributed by atoms with Crippen LogP contribution in [0.3, 0.4) is 0 Å². The molecule has 3 aromatic rings. The first-order valence-corrected chi connectivity index (χ1v) is 11.0. The summed E-state index contributed by atoms with van der Waals surface area (Å²) in [6.07, 6.45) is 0. The number of ether oxygens (including phenoxy) is 1. The molecule has 0 saturated carbocycles. The number of carbonyl (C=O) groups excluding carboxylic acids is 1. The monoisotopic (exact) mass is 425 g/mol. The molecule has 0 unspecified atom stereocenters. The van der Waals surface area contributed by atoms with Crippen molar-refractivity contribution in [3.05, 3.63) is 71.0 Å². The summed E-state index contributed by atoms with van der Waals surface area (Å²) >= 11 is 1.63. The highest BCUT2D eigenvalue weighted by Crippen LogP contribution is 2.26. The minimum absolute atomic E-state index is 0.144. The highest BCUT2D eigenvalue weighted by Gasteiger charge is 2.24. The molecule has 1 fully saturated rings. The summed E-state index contributed by atoms with van der Waals surface area (Å²) in [6, 6.07) is 14.1. The summed E-state index contributed by atoms with van der Waals surface area (Å²) in [5.41, 5.74) is 2.25. The van der Waals surface area contributed by atoms with Crippen molar-refractivity contribution in [1.29, 1.82) is 0 Å². The van der Waals surface area contributed by atoms with Crippen LogP contribution in [0.1, 0.15) is 23.0 Å². The average molecular weight is 426 g/mol. The van der Waals surface area contributed by atoms with E-state index in [1.807, 2.05) is 31.2 Å². The van der Waals surface area contributed by atoms with Gasteiger partial charge in [-0.3, -0.25) is 9.69 Å². The van der Waals surface area contributed by atoms with E-state index in [0.29, 0.717) is 19.7 Å². The van der Waals surface area contributed by atoms with Crippen LogP contribution in [-0.4, -0.2) is 53.5 Å². The van der Waals surface area contributed by atoms with Crippen LogP contribution in [0.4, 0.5) is 4.39 Å². The number of nitrogens with zero attached hydrogens (tertiary/aromatic N) is 3. The van der Waals surface area contributed by atoms with Crippen LogP contribution >= 0.6 is 11.3 Å². The third-order valence-electron chi connectivity index (χ3n) is 5.11. The van der Waals surface area contributed by atoms with Crippen LogP contribution in [0.2, 0.25) is 0 Å². The Bertz CT molecular complexity index is 998. The first-order chi connectivity index (χ1) is 14.6. The molecule has 1 aromatic heterocycles. The standard InChI is InChI=1S/C23H24FN3O2S/c1-2-29-19-9-7-17(8-10-19)22-25-18(16-30-22)15-26-11-13-27(14-12-26)23(28)20-5-3-4-6-21(20)24/h3-10,16H,2,11-15H2,1H3. The fraction of sp³-hybridized carbons (Fsp3) is 0.304. The van der Waals surface area contributed by atoms with Crippen molar-refractivity contribution in [2.75, 3.05) is 32.8 Å². The van der Waals surface area contributed by atoms with Gasteiger partial charge in [0.15, 0.2) is 0 Å². The first-order valence-electron chi connectivity index (χ1n) is 10.1. The molecule has 1 amide bonds. The van der Waals surface area contributed by atoms with Gasteiger partial charge in [0.25, 0.3) is 5.91 Å². The van der Waals surface area contributed by atoms with Crippen LogP contribution in [0.25, 0.3) is 10.6 Å². The Balaban J connectivity index is 1.32. The van der Waals surface area contributed by atoms with Crippen molar-refractivity contribution in [3.63, 3.8) is 0 Å². The second-order valence-corrected chi connectivity index (χ2v) is 8.01. The molecule has 1 aliphatic rings. The van der Waals surface area contributed by atoms with E-state index in [9.17, 15) is 9.18 Å². The average Bonchev–Trinajstić information content (AvgIpc) is 3.23. The molecule has 4 rings (SSSR count). The number of hydrogen-bond acceptors (Lipinski definition) is 5. The van der Waals surface area contributed by atoms with E-state index in [1.54, 1.807) is 34.4 Å². The summed E-state index contributed by atoms with van der Waals surface area (Å²) in [6.45, 7) is 6.03. The van der Waals surface area contributed by atoms with Gasteiger partial charge in [-0.15, -0.1) is 11.3 Å². The van der Waals surface area contributed by atoms with Gasteiger partial charge in [0.05, 0.1) is 17.9 Å². The molecule has 0 N–H and O–H groups in total. The fourth-order valence-electron chi connectivity index (χ4n) is 3.52. The maximum absolute atomic E-state index is 13.9. The predicted molar refractivity (Wildman–Crippen MR) is 116 cm³/mol. The molecule has 5 nitrogen and oxygen atoms in total. The minimum atomic E-state index is -0.464. The highest BCUT2D eigenvalue weighted by atomic mass is 32.1. The van der Waals surface area contributed by atoms with Gasteiger partial charge >= 0.3 is 0 Å². The summed E-state index contributed by atoms with van der Waals surface area (Å²) in [7, 11) is 0. The van der Waals surface area contributed by atoms with Crippen molar-refractivity contribution in [2.24, 2.45) is 0 Å². The number of hydrogen-bond donors (Lipinski definition) is 0. The topological polar surface area (TPSA) is 45.7 Å². The molecule has 0 spiro atoms. The lowest BCUT2D eigenvalue weighted by atomic mass is 10.1. The Kier molecular flexibility index (Phi) is 6.40. The number of rotatable bonds is 6. The predicted octanol–water partition coefficient (Wildman–Crippen LogP) is 4.31. The van der Waals surface area contributed by atoms with E-state index in [0.717, 1.165) is 41.6 Å². The number of aromatic nitrogens is 1. The van der Waals surface area contributed by atoms with E-state index in [2.05, 4.69) is 10.3 Å². The zero-order valence-electron chi connectivity index (χ0n) is 16.9. The van der Waals surface area contributed by atoms with Gasteiger partial charge < -0.3 is 9.64 Å². The van der Waals surface area contributed by atoms with Gasteiger partial charge in [-0.25, -0.2) is 9.37 Å². The highest BCUT2D eigenvalue weighted by molar-refractivity contribution is 7.13. The quantitative estimate of drug-likeness (QED) is 0.591. The number of benzene rings is 2. The molecule has 1 aliphatic heterocycles. The minimum Gasteiger partial charge on any atom is -0.494 e. The summed E-state index contributed by atoms with van der Waals surface area (Å²) < 4.78 is 19.4. The molecule has 0 atom stereocenters. The molecular weight excluding hydrogens is 401 g/mol. The van der Waals surface area contributed by atoms with E-state index in [1.165, 1.54) is 6.07 Å². The van der Waals surface area contributed by atoms with E-state index in [4.69, 9.17) is 9.72 Å². The normalized spacial score (nSPS) is 14.7. The van der Waals surface area contributed by atoms with E-state index >= 15 is 0 Å². The third kappa shape index (κ3) is 4.68. The lowest BCUT2D eigenvalue weighted by molar-refractivity contribution is 0.0623. The second kappa shape index (κ2) is 9.36. The Labute approximate surface area is 179 Å². The fourth-order valence-corrected chi connectivity index (χ4v) is 4.33. The zero-order valence-corrected chi connectivity index (χ0v) is 17.7. The first kappa shape index (κ1) is 20.5. The Morgan fingerprint density at radius 1 is 1.10 bits per heavy atom. The molecule has 156 valence electrons. The van der Waals surface area contributed by atoms with Crippen LogP contribution in [0.5, 0.6) is 5.75 Å². The Morgan fingerprint density at radius 3 is 2.53 bits per heavy atom. The van der Waals surface area contributed by atoms with Gasteiger partial charge in [-0.1, -0.05) is 12.1 Å². The molecule has 2 heterocycles. The molecule has 0 bridgehead atoms. The summed E-state index contributed by atoms with van der Waals surface area (Å²) in [5, 5.41) is 3.07. The van der Waals surface area contributed by atoms with E-state index < -0.39 is 5.82 Å². The number of carbonyl (C=O) groups is 1. The van der Waals surface area contributed by atoms with Crippen molar-refractivity contribution < 1.29 is 13.9 Å². The Hall–Kier alpha value is -2.77. The maximum atomic E-state index is 13.9. The van der Waals surface area contributed by atoms with Crippen LogP contribution in [0.15, 0.2) is 53.9 Å². The number of amides is 1. The van der Waals surface area contributed by atoms with Gasteiger partial charge in [-0.2, -0.15) is 0 Å². The molecule has 0 radical (unpaired) electrons. The van der Waals surface area contributed by atoms with Crippen molar-refractivity contribution in [2.45, 2.75) is 13.5 Å². The summed E-state index contributed by atoms with van der Waals surface area (Å²) in [4.78, 5) is 21.3. The van der Waals surface area contributed by atoms with Crippen molar-refractivity contribution in [3.8, 4) is 16.3 Å². The van der Waals surface area contributed by atoms with Gasteiger partial charge in [-0.05, 0) is 43.3 Å². The number of thiazole rings is 1. The number of piperazine rings is 1. The van der Waals surface area contributed by atoms with Crippen molar-refractivity contribution >= 4 is 17.2 Å². The van der Waals surface area contributed by atoms with Crippen LogP contribution in [-0.2, 0) is 6.54 Å². The lowest BCUT2D eigenvalue weighted by Crippen LogP contribution is -2.48. The Morgan fingerprint density at radius 2 is 1.83 bits per heavy atom. The SMILES string of the molecule is CCOc1ccc(-c2nc(CN3CCN(C(=O)c4ccccc4F)CC3)cs2)cc1. The molecular formula is C23H24FN3O2S. The van der Waals surface area contributed by atoms with Gasteiger partial charge in [0, 0.05) is 43.7 Å². The number of halogens is 1. The molecule has 2 aromatic carbocycles. The largest absolute Gasteiger partial charge is 0.494 e. The van der Waals surface area contributed by atoms with Crippen LogP contribution < -0.4 is 4.74 Å². The third-order valence-corrected chi connectivity index (χ3v) is 6.05. The zero-order chi connectivity index (χ0) is 20.9.